The van der Waals surface area contributed by atoms with Gasteiger partial charge in [0.25, 0.3) is 0 Å². The van der Waals surface area contributed by atoms with Gasteiger partial charge in [0.15, 0.2) is 29.4 Å². The Morgan fingerprint density at radius 2 is 1.66 bits per heavy atom. The largest absolute Gasteiger partial charge is 0.493 e. The number of methoxy groups -OCH3 is 2. The van der Waals surface area contributed by atoms with Crippen LogP contribution in [-0.4, -0.2) is 74.5 Å². The zero-order valence-electron chi connectivity index (χ0n) is 25.4. The minimum absolute atomic E-state index is 0.0585. The number of hydrogen-bond acceptors (Lipinski definition) is 9. The third kappa shape index (κ3) is 6.64. The van der Waals surface area contributed by atoms with Crippen LogP contribution in [-0.2, 0) is 19.1 Å². The van der Waals surface area contributed by atoms with Gasteiger partial charge < -0.3 is 33.9 Å². The molecule has 0 bridgehead atoms. The number of fused-ring (bicyclic) bond motifs is 1. The predicted octanol–water partition coefficient (Wildman–Crippen LogP) is 5.11. The first-order chi connectivity index (χ1) is 22.7. The third-order valence-electron chi connectivity index (χ3n) is 7.74. The monoisotopic (exact) mass is 648 g/mol. The second kappa shape index (κ2) is 13.6. The van der Waals surface area contributed by atoms with Crippen LogP contribution in [0.4, 0.5) is 25.0 Å². The minimum Gasteiger partial charge on any atom is -0.493 e. The summed E-state index contributed by atoms with van der Waals surface area (Å²) in [6.45, 7) is 0.739. The van der Waals surface area contributed by atoms with Gasteiger partial charge >= 0.3 is 6.03 Å². The molecule has 1 unspecified atom stereocenters. The van der Waals surface area contributed by atoms with Crippen molar-refractivity contribution in [3.63, 3.8) is 0 Å². The number of nitrogens with one attached hydrogen (secondary N) is 1. The molecule has 2 aliphatic heterocycles. The smallest absolute Gasteiger partial charge is 0.331 e. The van der Waals surface area contributed by atoms with Gasteiger partial charge in [0.05, 0.1) is 38.6 Å². The Kier molecular flexibility index (Phi) is 9.13. The Hall–Kier alpha value is -5.34. The summed E-state index contributed by atoms with van der Waals surface area (Å²) in [7, 11) is 2.99. The van der Waals surface area contributed by atoms with E-state index in [-0.39, 0.29) is 30.2 Å². The predicted molar refractivity (Wildman–Crippen MR) is 165 cm³/mol. The lowest BCUT2D eigenvalue weighted by Gasteiger charge is -2.38. The molecular weight excluding hydrogens is 618 g/mol. The van der Waals surface area contributed by atoms with Crippen molar-refractivity contribution in [2.24, 2.45) is 5.92 Å². The van der Waals surface area contributed by atoms with E-state index in [1.165, 1.54) is 49.6 Å². The van der Waals surface area contributed by atoms with E-state index in [4.69, 9.17) is 23.7 Å². The number of rotatable bonds is 10. The molecule has 12 nitrogen and oxygen atoms in total. The minimum atomic E-state index is -1.35. The van der Waals surface area contributed by atoms with Crippen molar-refractivity contribution in [1.82, 2.24) is 9.88 Å². The van der Waals surface area contributed by atoms with Crippen LogP contribution in [0.25, 0.3) is 10.9 Å². The number of benzene rings is 3. The number of carbonyl (C=O) groups excluding carboxylic acids is 3. The van der Waals surface area contributed by atoms with E-state index in [0.717, 1.165) is 23.1 Å². The van der Waals surface area contributed by atoms with Gasteiger partial charge in [-0.25, -0.2) is 18.5 Å². The summed E-state index contributed by atoms with van der Waals surface area (Å²) >= 11 is 0. The van der Waals surface area contributed by atoms with Gasteiger partial charge in [-0.2, -0.15) is 0 Å². The molecule has 47 heavy (non-hydrogen) atoms. The average Bonchev–Trinajstić information content (AvgIpc) is 3.60. The molecule has 2 saturated heterocycles. The van der Waals surface area contributed by atoms with Crippen LogP contribution in [0.3, 0.4) is 0 Å². The summed E-state index contributed by atoms with van der Waals surface area (Å²) in [4.78, 5) is 46.9. The molecule has 0 radical (unpaired) electrons. The molecule has 3 heterocycles. The highest BCUT2D eigenvalue weighted by molar-refractivity contribution is 6.23. The standard InChI is InChI=1S/C33H30F2N4O8/c1-43-28-16-22-25(17-29(28)44-2)36-11-9-26(22)47-27-8-5-20(15-24(27)35)37-31(40)23-18-38(12-10-30-45-13-14-46-30)33(42)39(32(23)41)21-6-3-19(34)4-7-21/h3-9,11,15-17,23,30H,10,12-14,18H2,1-2H3,(H,37,40). The summed E-state index contributed by atoms with van der Waals surface area (Å²) in [5, 5.41) is 3.12. The molecule has 0 spiro atoms. The maximum atomic E-state index is 15.3. The first-order valence-corrected chi connectivity index (χ1v) is 14.7. The molecule has 3 aromatic carbocycles. The fourth-order valence-electron chi connectivity index (χ4n) is 5.36. The number of pyridine rings is 1. The van der Waals surface area contributed by atoms with Crippen LogP contribution < -0.4 is 24.4 Å². The fourth-order valence-corrected chi connectivity index (χ4v) is 5.36. The third-order valence-corrected chi connectivity index (χ3v) is 7.74. The van der Waals surface area contributed by atoms with Crippen molar-refractivity contribution in [3.05, 3.63) is 78.5 Å². The molecule has 0 saturated carbocycles. The summed E-state index contributed by atoms with van der Waals surface area (Å²) < 4.78 is 56.5. The molecule has 4 amide bonds. The summed E-state index contributed by atoms with van der Waals surface area (Å²) in [6, 6.07) is 12.8. The zero-order valence-corrected chi connectivity index (χ0v) is 25.4. The van der Waals surface area contributed by atoms with Gasteiger partial charge in [0, 0.05) is 48.9 Å². The van der Waals surface area contributed by atoms with Gasteiger partial charge in [-0.1, -0.05) is 0 Å². The van der Waals surface area contributed by atoms with E-state index in [0.29, 0.717) is 47.8 Å². The number of imide groups is 1. The number of hydrogen-bond donors (Lipinski definition) is 1. The molecule has 4 aromatic rings. The van der Waals surface area contributed by atoms with Gasteiger partial charge in [-0.15, -0.1) is 0 Å². The van der Waals surface area contributed by atoms with Crippen molar-refractivity contribution >= 4 is 40.1 Å². The highest BCUT2D eigenvalue weighted by Gasteiger charge is 2.44. The van der Waals surface area contributed by atoms with Gasteiger partial charge in [0.1, 0.15) is 17.5 Å². The zero-order chi connectivity index (χ0) is 33.1. The Morgan fingerprint density at radius 1 is 0.936 bits per heavy atom. The maximum Gasteiger partial charge on any atom is 0.331 e. The Labute approximate surface area is 267 Å². The number of nitrogens with zero attached hydrogens (tertiary/aromatic N) is 3. The number of ether oxygens (including phenoxy) is 5. The van der Waals surface area contributed by atoms with E-state index >= 15 is 4.39 Å². The summed E-state index contributed by atoms with van der Waals surface area (Å²) in [6.07, 6.45) is 1.30. The quantitative estimate of drug-likeness (QED) is 0.233. The lowest BCUT2D eigenvalue weighted by atomic mass is 10.0. The molecular formula is C33H30F2N4O8. The molecule has 1 aromatic heterocycles. The van der Waals surface area contributed by atoms with Gasteiger partial charge in [-0.05, 0) is 48.5 Å². The highest BCUT2D eigenvalue weighted by atomic mass is 19.1. The molecule has 6 rings (SSSR count). The second-order valence-electron chi connectivity index (χ2n) is 10.7. The van der Waals surface area contributed by atoms with E-state index in [1.54, 1.807) is 18.2 Å². The first-order valence-electron chi connectivity index (χ1n) is 14.7. The van der Waals surface area contributed by atoms with Gasteiger partial charge in [0.2, 0.25) is 11.8 Å². The second-order valence-corrected chi connectivity index (χ2v) is 10.7. The lowest BCUT2D eigenvalue weighted by Crippen LogP contribution is -2.60. The molecule has 2 fully saturated rings. The molecule has 244 valence electrons. The average molecular weight is 649 g/mol. The van der Waals surface area contributed by atoms with Crippen LogP contribution in [0.1, 0.15) is 6.42 Å². The number of amides is 4. The highest BCUT2D eigenvalue weighted by Crippen LogP contribution is 2.37. The lowest BCUT2D eigenvalue weighted by molar-refractivity contribution is -0.132. The molecule has 1 N–H and O–H groups in total. The van der Waals surface area contributed by atoms with Crippen molar-refractivity contribution in [2.45, 2.75) is 12.7 Å². The molecule has 0 aliphatic carbocycles. The van der Waals surface area contributed by atoms with Crippen molar-refractivity contribution < 1.29 is 46.8 Å². The topological polar surface area (TPSA) is 129 Å². The molecule has 14 heteroatoms. The normalized spacial score (nSPS) is 16.9. The molecule has 2 aliphatic rings. The molecule has 1 atom stereocenters. The van der Waals surface area contributed by atoms with E-state index in [9.17, 15) is 18.8 Å². The first kappa shape index (κ1) is 31.6. The van der Waals surface area contributed by atoms with Crippen LogP contribution >= 0.6 is 0 Å². The Bertz CT molecular complexity index is 1820. The number of anilines is 2. The Morgan fingerprint density at radius 3 is 2.36 bits per heavy atom. The Balaban J connectivity index is 1.21. The van der Waals surface area contributed by atoms with Crippen molar-refractivity contribution in [1.29, 1.82) is 0 Å². The van der Waals surface area contributed by atoms with Crippen LogP contribution in [0.5, 0.6) is 23.0 Å². The van der Waals surface area contributed by atoms with E-state index in [2.05, 4.69) is 10.3 Å². The van der Waals surface area contributed by atoms with Gasteiger partial charge in [-0.3, -0.25) is 14.6 Å². The van der Waals surface area contributed by atoms with Crippen LogP contribution in [0, 0.1) is 17.6 Å². The van der Waals surface area contributed by atoms with Crippen LogP contribution in [0.2, 0.25) is 0 Å². The number of urea groups is 1. The number of carbonyl (C=O) groups is 3. The van der Waals surface area contributed by atoms with Crippen molar-refractivity contribution in [2.75, 3.05) is 50.7 Å². The summed E-state index contributed by atoms with van der Waals surface area (Å²) in [5.74, 6) is -3.18. The van der Waals surface area contributed by atoms with Crippen LogP contribution in [0.15, 0.2) is 66.9 Å². The summed E-state index contributed by atoms with van der Waals surface area (Å²) in [5.41, 5.74) is 0.694. The SMILES string of the molecule is COc1cc2nccc(Oc3ccc(NC(=O)C4CN(CCC5OCCO5)C(=O)N(c5ccc(F)cc5)C4=O)cc3F)c2cc1OC. The number of halogens is 2. The van der Waals surface area contributed by atoms with Crippen molar-refractivity contribution in [3.8, 4) is 23.0 Å². The fraction of sp³-hybridized carbons (Fsp3) is 0.273. The van der Waals surface area contributed by atoms with E-state index < -0.39 is 41.7 Å². The van der Waals surface area contributed by atoms with E-state index in [1.807, 2.05) is 0 Å². The number of aromatic nitrogens is 1. The maximum absolute atomic E-state index is 15.3.